The number of hydrogen-bond acceptors (Lipinski definition) is 6. The molecule has 1 amide bonds. The van der Waals surface area contributed by atoms with Gasteiger partial charge in [-0.2, -0.15) is 0 Å². The molecule has 1 atom stereocenters. The van der Waals surface area contributed by atoms with Gasteiger partial charge >= 0.3 is 0 Å². The Morgan fingerprint density at radius 1 is 1.27 bits per heavy atom. The summed E-state index contributed by atoms with van der Waals surface area (Å²) in [5.41, 5.74) is 2.57. The van der Waals surface area contributed by atoms with E-state index in [9.17, 15) is 14.7 Å². The lowest BCUT2D eigenvalue weighted by Crippen LogP contribution is -2.33. The third kappa shape index (κ3) is 3.55. The summed E-state index contributed by atoms with van der Waals surface area (Å²) in [5.74, 6) is -0.899. The highest BCUT2D eigenvalue weighted by molar-refractivity contribution is 6.15. The number of ketones is 1. The molecule has 0 bridgehead atoms. The highest BCUT2D eigenvalue weighted by Crippen LogP contribution is 2.39. The first kappa shape index (κ1) is 20.6. The van der Waals surface area contributed by atoms with Crippen LogP contribution in [0.3, 0.4) is 0 Å². The fraction of sp³-hybridized carbons (Fsp3) is 0.160. The standard InChI is InChI=1S/C25H21N3O5/c1-32-17-6-7-19-18(12-17)15(14-27-19)8-10-28-22(16-4-2-9-26-13-16)21(24(30)25(28)31)23(29)20-5-3-11-33-20/h2-7,9,11-14,22,27,30H,8,10H2,1H3. The SMILES string of the molecule is COc1ccc2[nH]cc(CCN3C(=O)C(O)=C(C(=O)c4ccco4)C3c3cccnc3)c2c1. The molecule has 4 aromatic rings. The zero-order valence-electron chi connectivity index (χ0n) is 17.8. The van der Waals surface area contributed by atoms with Gasteiger partial charge in [-0.05, 0) is 53.9 Å². The van der Waals surface area contributed by atoms with Crippen molar-refractivity contribution in [3.63, 3.8) is 0 Å². The van der Waals surface area contributed by atoms with E-state index in [1.807, 2.05) is 24.4 Å². The monoisotopic (exact) mass is 443 g/mol. The number of methoxy groups -OCH3 is 1. The van der Waals surface area contributed by atoms with E-state index >= 15 is 0 Å². The molecular formula is C25H21N3O5. The fourth-order valence-corrected chi connectivity index (χ4v) is 4.27. The Bertz CT molecular complexity index is 1360. The van der Waals surface area contributed by atoms with Crippen molar-refractivity contribution in [3.8, 4) is 5.75 Å². The maximum Gasteiger partial charge on any atom is 0.290 e. The van der Waals surface area contributed by atoms with Crippen molar-refractivity contribution in [2.45, 2.75) is 12.5 Å². The van der Waals surface area contributed by atoms with Gasteiger partial charge < -0.3 is 24.1 Å². The van der Waals surface area contributed by atoms with Crippen molar-refractivity contribution < 1.29 is 23.8 Å². The van der Waals surface area contributed by atoms with Gasteiger partial charge in [0, 0.05) is 36.0 Å². The molecule has 0 saturated carbocycles. The van der Waals surface area contributed by atoms with Crippen LogP contribution in [0.2, 0.25) is 0 Å². The summed E-state index contributed by atoms with van der Waals surface area (Å²) < 4.78 is 10.6. The van der Waals surface area contributed by atoms with E-state index in [0.717, 1.165) is 22.2 Å². The average Bonchev–Trinajstić information content (AvgIpc) is 3.57. The van der Waals surface area contributed by atoms with Crippen LogP contribution >= 0.6 is 0 Å². The highest BCUT2D eigenvalue weighted by Gasteiger charge is 2.44. The van der Waals surface area contributed by atoms with Gasteiger partial charge in [-0.25, -0.2) is 0 Å². The Balaban J connectivity index is 1.49. The van der Waals surface area contributed by atoms with Crippen LogP contribution in [0.5, 0.6) is 5.75 Å². The molecule has 4 heterocycles. The second-order valence-corrected chi connectivity index (χ2v) is 7.73. The second kappa shape index (κ2) is 8.31. The number of aromatic amines is 1. The topological polar surface area (TPSA) is 109 Å². The van der Waals surface area contributed by atoms with Crippen molar-refractivity contribution >= 4 is 22.6 Å². The summed E-state index contributed by atoms with van der Waals surface area (Å²) in [6.45, 7) is 0.279. The van der Waals surface area contributed by atoms with Gasteiger partial charge in [-0.3, -0.25) is 14.6 Å². The van der Waals surface area contributed by atoms with E-state index in [1.54, 1.807) is 37.7 Å². The molecule has 0 aliphatic carbocycles. The molecule has 8 nitrogen and oxygen atoms in total. The normalized spacial score (nSPS) is 16.1. The molecule has 1 aromatic carbocycles. The van der Waals surface area contributed by atoms with Gasteiger partial charge in [0.15, 0.2) is 11.5 Å². The van der Waals surface area contributed by atoms with Gasteiger partial charge in [-0.15, -0.1) is 0 Å². The van der Waals surface area contributed by atoms with Crippen LogP contribution < -0.4 is 4.74 Å². The maximum absolute atomic E-state index is 13.1. The van der Waals surface area contributed by atoms with E-state index in [2.05, 4.69) is 9.97 Å². The van der Waals surface area contributed by atoms with Gasteiger partial charge in [0.2, 0.25) is 5.78 Å². The van der Waals surface area contributed by atoms with Crippen LogP contribution in [0.4, 0.5) is 0 Å². The second-order valence-electron chi connectivity index (χ2n) is 7.73. The van der Waals surface area contributed by atoms with E-state index in [4.69, 9.17) is 9.15 Å². The lowest BCUT2D eigenvalue weighted by molar-refractivity contribution is -0.129. The number of nitrogens with zero attached hydrogens (tertiary/aromatic N) is 2. The van der Waals surface area contributed by atoms with Crippen molar-refractivity contribution in [1.82, 2.24) is 14.9 Å². The lowest BCUT2D eigenvalue weighted by Gasteiger charge is -2.26. The molecule has 3 aromatic heterocycles. The number of furan rings is 1. The molecule has 166 valence electrons. The first-order valence-electron chi connectivity index (χ1n) is 10.4. The predicted octanol–water partition coefficient (Wildman–Crippen LogP) is 3.99. The third-order valence-electron chi connectivity index (χ3n) is 5.89. The third-order valence-corrected chi connectivity index (χ3v) is 5.89. The number of aromatic nitrogens is 2. The Kier molecular flexibility index (Phi) is 5.18. The van der Waals surface area contributed by atoms with Gasteiger partial charge in [0.25, 0.3) is 5.91 Å². The van der Waals surface area contributed by atoms with E-state index in [1.165, 1.54) is 17.2 Å². The van der Waals surface area contributed by atoms with Gasteiger partial charge in [0.1, 0.15) is 5.75 Å². The number of amides is 1. The smallest absolute Gasteiger partial charge is 0.290 e. The lowest BCUT2D eigenvalue weighted by atomic mass is 9.96. The summed E-state index contributed by atoms with van der Waals surface area (Å²) in [6, 6.07) is 11.6. The number of hydrogen-bond donors (Lipinski definition) is 2. The minimum absolute atomic E-state index is 0.0106. The molecular weight excluding hydrogens is 422 g/mol. The largest absolute Gasteiger partial charge is 0.503 e. The number of rotatable bonds is 7. The number of carbonyl (C=O) groups excluding carboxylic acids is 2. The molecule has 8 heteroatoms. The number of aliphatic hydroxyl groups excluding tert-OH is 1. The van der Waals surface area contributed by atoms with Crippen molar-refractivity contribution in [3.05, 3.63) is 95.5 Å². The number of fused-ring (bicyclic) bond motifs is 1. The van der Waals surface area contributed by atoms with E-state index in [0.29, 0.717) is 12.0 Å². The number of pyridine rings is 1. The number of benzene rings is 1. The molecule has 33 heavy (non-hydrogen) atoms. The highest BCUT2D eigenvalue weighted by atomic mass is 16.5. The molecule has 2 N–H and O–H groups in total. The molecule has 5 rings (SSSR count). The summed E-state index contributed by atoms with van der Waals surface area (Å²) in [6.07, 6.45) is 6.98. The number of carbonyl (C=O) groups is 2. The first-order valence-corrected chi connectivity index (χ1v) is 10.4. The van der Waals surface area contributed by atoms with Crippen LogP contribution in [0.1, 0.15) is 27.7 Å². The number of aliphatic hydroxyl groups is 1. The van der Waals surface area contributed by atoms with Crippen LogP contribution in [0.25, 0.3) is 10.9 Å². The van der Waals surface area contributed by atoms with E-state index < -0.39 is 23.5 Å². The molecule has 0 fully saturated rings. The number of nitrogens with one attached hydrogen (secondary N) is 1. The van der Waals surface area contributed by atoms with Crippen molar-refractivity contribution in [1.29, 1.82) is 0 Å². The summed E-state index contributed by atoms with van der Waals surface area (Å²) in [4.78, 5) is 35.1. The Labute approximate surface area is 189 Å². The van der Waals surface area contributed by atoms with Crippen LogP contribution in [-0.2, 0) is 11.2 Å². The Morgan fingerprint density at radius 3 is 2.88 bits per heavy atom. The van der Waals surface area contributed by atoms with Crippen LogP contribution in [-0.4, -0.2) is 45.3 Å². The number of H-pyrrole nitrogens is 1. The minimum atomic E-state index is -0.774. The minimum Gasteiger partial charge on any atom is -0.503 e. The maximum atomic E-state index is 13.1. The van der Waals surface area contributed by atoms with Crippen molar-refractivity contribution in [2.24, 2.45) is 0 Å². The number of ether oxygens (including phenoxy) is 1. The van der Waals surface area contributed by atoms with Gasteiger partial charge in [-0.1, -0.05) is 6.07 Å². The Morgan fingerprint density at radius 2 is 2.15 bits per heavy atom. The fourth-order valence-electron chi connectivity index (χ4n) is 4.27. The van der Waals surface area contributed by atoms with E-state index in [-0.39, 0.29) is 17.9 Å². The zero-order chi connectivity index (χ0) is 22.9. The summed E-state index contributed by atoms with van der Waals surface area (Å²) in [7, 11) is 1.61. The predicted molar refractivity (Wildman–Crippen MR) is 120 cm³/mol. The quantitative estimate of drug-likeness (QED) is 0.418. The first-order chi connectivity index (χ1) is 16.1. The summed E-state index contributed by atoms with van der Waals surface area (Å²) in [5, 5.41) is 11.7. The number of Topliss-reactive ketones (excluding diaryl/α,β-unsaturated/α-hetero) is 1. The molecule has 1 aliphatic rings. The molecule has 0 radical (unpaired) electrons. The van der Waals surface area contributed by atoms with Crippen LogP contribution in [0, 0.1) is 0 Å². The molecule has 0 spiro atoms. The summed E-state index contributed by atoms with van der Waals surface area (Å²) >= 11 is 0. The van der Waals surface area contributed by atoms with Crippen molar-refractivity contribution in [2.75, 3.05) is 13.7 Å². The van der Waals surface area contributed by atoms with Gasteiger partial charge in [0.05, 0.1) is 25.0 Å². The molecule has 0 saturated heterocycles. The zero-order valence-corrected chi connectivity index (χ0v) is 17.8. The molecule has 1 unspecified atom stereocenters. The molecule has 1 aliphatic heterocycles. The average molecular weight is 443 g/mol. The Hall–Kier alpha value is -4.33. The van der Waals surface area contributed by atoms with Crippen LogP contribution in [0.15, 0.2) is 83.1 Å².